The van der Waals surface area contributed by atoms with Gasteiger partial charge >= 0.3 is 0 Å². The Balaban J connectivity index is 1.74. The van der Waals surface area contributed by atoms with Crippen LogP contribution in [-0.2, 0) is 4.79 Å². The lowest BCUT2D eigenvalue weighted by molar-refractivity contribution is -0.133. The first-order valence-electron chi connectivity index (χ1n) is 13.3. The van der Waals surface area contributed by atoms with Gasteiger partial charge in [-0.2, -0.15) is 0 Å². The molecule has 2 atom stereocenters. The van der Waals surface area contributed by atoms with Crippen molar-refractivity contribution in [1.82, 2.24) is 9.80 Å². The molecule has 2 aliphatic heterocycles. The number of rotatable bonds is 13. The van der Waals surface area contributed by atoms with Crippen LogP contribution in [0.5, 0.6) is 11.5 Å². The zero-order chi connectivity index (χ0) is 23.8. The molecule has 1 aromatic rings. The summed E-state index contributed by atoms with van der Waals surface area (Å²) in [6.07, 6.45) is 9.08. The molecule has 0 aliphatic carbocycles. The summed E-state index contributed by atoms with van der Waals surface area (Å²) in [6.45, 7) is 15.0. The Hall–Kier alpha value is -1.75. The number of hydrogen-bond donors (Lipinski definition) is 0. The number of carbonyl (C=O) groups is 1. The molecule has 0 saturated carbocycles. The summed E-state index contributed by atoms with van der Waals surface area (Å²) < 4.78 is 11.2. The monoisotopic (exact) mass is 458 g/mol. The van der Waals surface area contributed by atoms with Gasteiger partial charge < -0.3 is 14.4 Å². The molecule has 0 unspecified atom stereocenters. The summed E-state index contributed by atoms with van der Waals surface area (Å²) in [5, 5.41) is 0. The molecule has 1 fully saturated rings. The van der Waals surface area contributed by atoms with Crippen molar-refractivity contribution in [2.24, 2.45) is 5.41 Å². The van der Waals surface area contributed by atoms with Crippen LogP contribution in [0.25, 0.3) is 0 Å². The third kappa shape index (κ3) is 7.11. The maximum absolute atomic E-state index is 13.4. The first-order valence-corrected chi connectivity index (χ1v) is 13.3. The molecule has 3 rings (SSSR count). The van der Waals surface area contributed by atoms with Crippen LogP contribution in [0.4, 0.5) is 0 Å². The number of fused-ring (bicyclic) bond motifs is 1. The molecular weight excluding hydrogens is 412 g/mol. The SMILES string of the molecule is CCCCN(CCCC)C(=O)CN1C[C@@H](c2ccc3c(c2)OCO3)C[C@@H]1CC(C)(C)CCC. The summed E-state index contributed by atoms with van der Waals surface area (Å²) in [6, 6.07) is 6.82. The quantitative estimate of drug-likeness (QED) is 0.352. The van der Waals surface area contributed by atoms with Crippen molar-refractivity contribution >= 4 is 5.91 Å². The number of nitrogens with zero attached hydrogens (tertiary/aromatic N) is 2. The van der Waals surface area contributed by atoms with Crippen LogP contribution >= 0.6 is 0 Å². The highest BCUT2D eigenvalue weighted by Gasteiger charge is 2.38. The first kappa shape index (κ1) is 25.9. The standard InChI is InChI=1S/C28H46N2O3/c1-6-9-14-29(15-10-7-2)27(31)20-30-19-23(16-24(30)18-28(4,5)13-8-3)22-11-12-25-26(17-22)33-21-32-25/h11-12,17,23-24H,6-10,13-16,18-21H2,1-5H3/t23-,24+/m0/s1. The number of amides is 1. The van der Waals surface area contributed by atoms with Crippen molar-refractivity contribution in [2.75, 3.05) is 33.0 Å². The molecule has 0 radical (unpaired) electrons. The van der Waals surface area contributed by atoms with Gasteiger partial charge in [0.2, 0.25) is 12.7 Å². The Morgan fingerprint density at radius 1 is 1.06 bits per heavy atom. The van der Waals surface area contributed by atoms with Crippen LogP contribution < -0.4 is 9.47 Å². The molecule has 1 aromatic carbocycles. The van der Waals surface area contributed by atoms with E-state index in [1.54, 1.807) is 0 Å². The van der Waals surface area contributed by atoms with Crippen molar-refractivity contribution in [3.8, 4) is 11.5 Å². The molecular formula is C28H46N2O3. The number of ether oxygens (including phenoxy) is 2. The van der Waals surface area contributed by atoms with E-state index in [9.17, 15) is 4.79 Å². The van der Waals surface area contributed by atoms with Gasteiger partial charge in [-0.05, 0) is 61.1 Å². The average molecular weight is 459 g/mol. The van der Waals surface area contributed by atoms with E-state index in [4.69, 9.17) is 9.47 Å². The fourth-order valence-corrected chi connectivity index (χ4v) is 5.55. The number of likely N-dealkylation sites (tertiary alicyclic amines) is 1. The van der Waals surface area contributed by atoms with E-state index >= 15 is 0 Å². The Bertz CT molecular complexity index is 756. The summed E-state index contributed by atoms with van der Waals surface area (Å²) in [5.74, 6) is 2.43. The third-order valence-electron chi connectivity index (χ3n) is 7.37. The fraction of sp³-hybridized carbons (Fsp3) is 0.750. The largest absolute Gasteiger partial charge is 0.454 e. The van der Waals surface area contributed by atoms with Crippen molar-refractivity contribution in [1.29, 1.82) is 0 Å². The fourth-order valence-electron chi connectivity index (χ4n) is 5.55. The van der Waals surface area contributed by atoms with Crippen molar-refractivity contribution in [2.45, 2.75) is 97.9 Å². The molecule has 0 N–H and O–H groups in total. The van der Waals surface area contributed by atoms with Gasteiger partial charge in [-0.15, -0.1) is 0 Å². The minimum absolute atomic E-state index is 0.286. The molecule has 0 spiro atoms. The minimum Gasteiger partial charge on any atom is -0.454 e. The second kappa shape index (κ2) is 12.1. The third-order valence-corrected chi connectivity index (χ3v) is 7.37. The van der Waals surface area contributed by atoms with E-state index in [1.807, 2.05) is 6.07 Å². The first-order chi connectivity index (χ1) is 15.9. The van der Waals surface area contributed by atoms with E-state index in [0.29, 0.717) is 31.2 Å². The van der Waals surface area contributed by atoms with Crippen molar-refractivity contribution < 1.29 is 14.3 Å². The van der Waals surface area contributed by atoms with Gasteiger partial charge in [-0.25, -0.2) is 0 Å². The van der Waals surface area contributed by atoms with Crippen LogP contribution in [0.2, 0.25) is 0 Å². The van der Waals surface area contributed by atoms with Gasteiger partial charge in [-0.1, -0.05) is 59.9 Å². The van der Waals surface area contributed by atoms with E-state index in [2.05, 4.69) is 56.6 Å². The summed E-state index contributed by atoms with van der Waals surface area (Å²) in [5.41, 5.74) is 1.59. The highest BCUT2D eigenvalue weighted by Crippen LogP contribution is 2.42. The molecule has 0 bridgehead atoms. The Labute approximate surface area is 201 Å². The second-order valence-electron chi connectivity index (χ2n) is 10.8. The van der Waals surface area contributed by atoms with Gasteiger partial charge in [0.1, 0.15) is 0 Å². The number of unbranched alkanes of at least 4 members (excludes halogenated alkanes) is 2. The summed E-state index contributed by atoms with van der Waals surface area (Å²) >= 11 is 0. The molecule has 2 heterocycles. The van der Waals surface area contributed by atoms with Gasteiger partial charge in [0, 0.05) is 25.7 Å². The topological polar surface area (TPSA) is 42.0 Å². The zero-order valence-electron chi connectivity index (χ0n) is 21.7. The molecule has 5 heteroatoms. The molecule has 2 aliphatic rings. The lowest BCUT2D eigenvalue weighted by Crippen LogP contribution is -2.44. The van der Waals surface area contributed by atoms with Crippen LogP contribution in [0.3, 0.4) is 0 Å². The predicted octanol–water partition coefficient (Wildman–Crippen LogP) is 6.22. The van der Waals surface area contributed by atoms with Gasteiger partial charge in [0.25, 0.3) is 0 Å². The van der Waals surface area contributed by atoms with Gasteiger partial charge in [0.15, 0.2) is 11.5 Å². The number of carbonyl (C=O) groups excluding carboxylic acids is 1. The van der Waals surface area contributed by atoms with E-state index < -0.39 is 0 Å². The van der Waals surface area contributed by atoms with Crippen molar-refractivity contribution in [3.63, 3.8) is 0 Å². The lowest BCUT2D eigenvalue weighted by Gasteiger charge is -2.33. The summed E-state index contributed by atoms with van der Waals surface area (Å²) in [7, 11) is 0. The molecule has 0 aromatic heterocycles. The van der Waals surface area contributed by atoms with Gasteiger partial charge in [0.05, 0.1) is 6.54 Å². The number of hydrogen-bond acceptors (Lipinski definition) is 4. The lowest BCUT2D eigenvalue weighted by atomic mass is 9.80. The Morgan fingerprint density at radius 2 is 1.76 bits per heavy atom. The van der Waals surface area contributed by atoms with E-state index in [0.717, 1.165) is 69.7 Å². The van der Waals surface area contributed by atoms with E-state index in [1.165, 1.54) is 18.4 Å². The zero-order valence-corrected chi connectivity index (χ0v) is 21.7. The molecule has 1 amide bonds. The predicted molar refractivity (Wildman–Crippen MR) is 135 cm³/mol. The second-order valence-corrected chi connectivity index (χ2v) is 10.8. The Kier molecular flexibility index (Phi) is 9.48. The van der Waals surface area contributed by atoms with E-state index in [-0.39, 0.29) is 5.41 Å². The van der Waals surface area contributed by atoms with Crippen molar-refractivity contribution in [3.05, 3.63) is 23.8 Å². The average Bonchev–Trinajstić information content (AvgIpc) is 3.40. The number of benzene rings is 1. The van der Waals surface area contributed by atoms with Crippen LogP contribution in [0, 0.1) is 5.41 Å². The van der Waals surface area contributed by atoms with Gasteiger partial charge in [-0.3, -0.25) is 9.69 Å². The molecule has 33 heavy (non-hydrogen) atoms. The van der Waals surface area contributed by atoms with Crippen LogP contribution in [0.1, 0.15) is 97.5 Å². The maximum atomic E-state index is 13.4. The normalized spacial score (nSPS) is 20.4. The molecule has 5 nitrogen and oxygen atoms in total. The van der Waals surface area contributed by atoms with Crippen LogP contribution in [0.15, 0.2) is 18.2 Å². The molecule has 1 saturated heterocycles. The minimum atomic E-state index is 0.286. The highest BCUT2D eigenvalue weighted by molar-refractivity contribution is 5.78. The highest BCUT2D eigenvalue weighted by atomic mass is 16.7. The Morgan fingerprint density at radius 3 is 2.42 bits per heavy atom. The maximum Gasteiger partial charge on any atom is 0.236 e. The van der Waals surface area contributed by atoms with Crippen LogP contribution in [-0.4, -0.2) is 54.7 Å². The summed E-state index contributed by atoms with van der Waals surface area (Å²) in [4.78, 5) is 18.0. The smallest absolute Gasteiger partial charge is 0.236 e. The molecule has 186 valence electrons.